The van der Waals surface area contributed by atoms with E-state index in [1.54, 1.807) is 0 Å². The first-order chi connectivity index (χ1) is 9.69. The first-order valence-corrected chi connectivity index (χ1v) is 7.22. The summed E-state index contributed by atoms with van der Waals surface area (Å²) in [4.78, 5) is 14.0. The van der Waals surface area contributed by atoms with Gasteiger partial charge in [0.15, 0.2) is 5.82 Å². The quantitative estimate of drug-likeness (QED) is 0.930. The van der Waals surface area contributed by atoms with Crippen molar-refractivity contribution < 1.29 is 0 Å². The maximum Gasteiger partial charge on any atom is 0.178 e. The Bertz CT molecular complexity index is 649. The fraction of sp³-hybridized carbons (Fsp3) is 0.438. The molecule has 1 N–H and O–H groups in total. The van der Waals surface area contributed by atoms with Crippen LogP contribution in [0.3, 0.4) is 0 Å². The molecule has 0 fully saturated rings. The van der Waals surface area contributed by atoms with Crippen molar-refractivity contribution in [2.75, 3.05) is 0 Å². The Hall–Kier alpha value is -1.81. The van der Waals surface area contributed by atoms with Gasteiger partial charge in [-0.25, -0.2) is 9.97 Å². The fourth-order valence-corrected chi connectivity index (χ4v) is 2.74. The molecule has 0 amide bonds. The Morgan fingerprint density at radius 2 is 2.05 bits per heavy atom. The molecule has 4 heteroatoms. The van der Waals surface area contributed by atoms with Crippen LogP contribution in [0.4, 0.5) is 0 Å². The number of aromatic nitrogens is 3. The van der Waals surface area contributed by atoms with E-state index in [-0.39, 0.29) is 0 Å². The molecule has 4 nitrogen and oxygen atoms in total. The number of nitrogens with one attached hydrogen (secondary N) is 1. The molecular weight excluding hydrogens is 248 g/mol. The zero-order valence-corrected chi connectivity index (χ0v) is 12.3. The normalized spacial score (nSPS) is 13.6. The summed E-state index contributed by atoms with van der Waals surface area (Å²) >= 11 is 0. The third-order valence-electron chi connectivity index (χ3n) is 3.69. The number of nitrogens with zero attached hydrogens (tertiary/aromatic N) is 3. The number of hydrogen-bond acceptors (Lipinski definition) is 4. The van der Waals surface area contributed by atoms with Gasteiger partial charge in [-0.15, -0.1) is 0 Å². The van der Waals surface area contributed by atoms with E-state index in [2.05, 4.69) is 37.1 Å². The number of pyridine rings is 1. The second kappa shape index (κ2) is 5.29. The minimum atomic E-state index is 0.772. The van der Waals surface area contributed by atoms with E-state index < -0.39 is 0 Å². The third-order valence-corrected chi connectivity index (χ3v) is 3.69. The Labute approximate surface area is 119 Å². The summed E-state index contributed by atoms with van der Waals surface area (Å²) in [5.41, 5.74) is 6.82. The van der Waals surface area contributed by atoms with Gasteiger partial charge in [0.25, 0.3) is 0 Å². The van der Waals surface area contributed by atoms with Crippen LogP contribution in [-0.4, -0.2) is 15.0 Å². The van der Waals surface area contributed by atoms with Crippen LogP contribution in [0.1, 0.15) is 41.4 Å². The molecule has 1 aliphatic heterocycles. The van der Waals surface area contributed by atoms with Crippen LogP contribution in [-0.2, 0) is 19.5 Å². The van der Waals surface area contributed by atoms with Crippen LogP contribution in [0.15, 0.2) is 12.3 Å². The van der Waals surface area contributed by atoms with Gasteiger partial charge in [-0.05, 0) is 31.4 Å². The second-order valence-electron chi connectivity index (χ2n) is 5.45. The van der Waals surface area contributed by atoms with E-state index in [4.69, 9.17) is 9.97 Å². The minimum absolute atomic E-state index is 0.772. The van der Waals surface area contributed by atoms with Crippen molar-refractivity contribution in [3.8, 4) is 11.5 Å². The molecule has 0 saturated heterocycles. The molecule has 0 spiro atoms. The lowest BCUT2D eigenvalue weighted by molar-refractivity contribution is 0.753. The highest BCUT2D eigenvalue weighted by atomic mass is 15.0. The monoisotopic (exact) mass is 268 g/mol. The number of fused-ring (bicyclic) bond motifs is 1. The summed E-state index contributed by atoms with van der Waals surface area (Å²) in [7, 11) is 0. The zero-order chi connectivity index (χ0) is 14.1. The smallest absolute Gasteiger partial charge is 0.178 e. The van der Waals surface area contributed by atoms with Gasteiger partial charge in [-0.1, -0.05) is 19.4 Å². The summed E-state index contributed by atoms with van der Waals surface area (Å²) in [5.74, 6) is 0.772. The summed E-state index contributed by atoms with van der Waals surface area (Å²) in [5, 5.41) is 3.37. The molecule has 2 aromatic rings. The molecule has 0 saturated carbocycles. The molecule has 104 valence electrons. The van der Waals surface area contributed by atoms with E-state index in [9.17, 15) is 0 Å². The van der Waals surface area contributed by atoms with Crippen LogP contribution in [0.25, 0.3) is 11.5 Å². The summed E-state index contributed by atoms with van der Waals surface area (Å²) in [6.07, 6.45) is 3.99. The highest BCUT2D eigenvalue weighted by Crippen LogP contribution is 2.24. The molecule has 1 aliphatic rings. The summed E-state index contributed by atoms with van der Waals surface area (Å²) in [6, 6.07) is 2.14. The Morgan fingerprint density at radius 1 is 1.20 bits per heavy atom. The Balaban J connectivity index is 2.12. The first-order valence-electron chi connectivity index (χ1n) is 7.22. The summed E-state index contributed by atoms with van der Waals surface area (Å²) < 4.78 is 0. The molecule has 3 heterocycles. The van der Waals surface area contributed by atoms with Crippen LogP contribution in [0.2, 0.25) is 0 Å². The van der Waals surface area contributed by atoms with Crippen molar-refractivity contribution in [1.82, 2.24) is 20.3 Å². The van der Waals surface area contributed by atoms with Crippen LogP contribution >= 0.6 is 0 Å². The van der Waals surface area contributed by atoms with Crippen molar-refractivity contribution in [2.45, 2.75) is 46.7 Å². The van der Waals surface area contributed by atoms with Gasteiger partial charge in [0.2, 0.25) is 0 Å². The van der Waals surface area contributed by atoms with E-state index in [0.717, 1.165) is 48.7 Å². The number of aryl methyl sites for hydroxylation is 3. The molecule has 0 radical (unpaired) electrons. The van der Waals surface area contributed by atoms with Crippen molar-refractivity contribution in [1.29, 1.82) is 0 Å². The third kappa shape index (κ3) is 2.31. The van der Waals surface area contributed by atoms with E-state index in [1.165, 1.54) is 16.8 Å². The van der Waals surface area contributed by atoms with E-state index >= 15 is 0 Å². The number of rotatable bonds is 3. The van der Waals surface area contributed by atoms with Crippen LogP contribution in [0, 0.1) is 13.8 Å². The maximum atomic E-state index is 4.78. The Morgan fingerprint density at radius 3 is 2.80 bits per heavy atom. The molecule has 0 bridgehead atoms. The van der Waals surface area contributed by atoms with Gasteiger partial charge in [0.1, 0.15) is 5.69 Å². The second-order valence-corrected chi connectivity index (χ2v) is 5.45. The average molecular weight is 268 g/mol. The fourth-order valence-electron chi connectivity index (χ4n) is 2.74. The van der Waals surface area contributed by atoms with Crippen molar-refractivity contribution >= 4 is 0 Å². The van der Waals surface area contributed by atoms with Gasteiger partial charge >= 0.3 is 0 Å². The highest BCUT2D eigenvalue weighted by molar-refractivity contribution is 5.56. The lowest BCUT2D eigenvalue weighted by atomic mass is 10.1. The molecular formula is C16H20N4. The van der Waals surface area contributed by atoms with Gasteiger partial charge in [-0.3, -0.25) is 4.98 Å². The largest absolute Gasteiger partial charge is 0.307 e. The molecule has 0 unspecified atom stereocenters. The molecule has 0 aliphatic carbocycles. The standard InChI is InChI=1S/C16H20N4/c1-4-5-13-12-8-17-9-14(12)20-16(19-13)15-11(3)6-10(2)7-18-15/h6-7,17H,4-5,8-9H2,1-3H3. The molecule has 2 aromatic heterocycles. The SMILES string of the molecule is CCCc1nc(-c2ncc(C)cc2C)nc2c1CNC2. The number of hydrogen-bond donors (Lipinski definition) is 1. The lowest BCUT2D eigenvalue weighted by Crippen LogP contribution is -2.05. The maximum absolute atomic E-state index is 4.78. The molecule has 3 rings (SSSR count). The molecule has 0 atom stereocenters. The Kier molecular flexibility index (Phi) is 3.49. The zero-order valence-electron chi connectivity index (χ0n) is 12.3. The molecule has 0 aromatic carbocycles. The lowest BCUT2D eigenvalue weighted by Gasteiger charge is -2.10. The van der Waals surface area contributed by atoms with E-state index in [0.29, 0.717) is 0 Å². The van der Waals surface area contributed by atoms with Gasteiger partial charge in [0, 0.05) is 30.5 Å². The minimum Gasteiger partial charge on any atom is -0.307 e. The van der Waals surface area contributed by atoms with Crippen molar-refractivity contribution in [3.05, 3.63) is 40.3 Å². The predicted molar refractivity (Wildman–Crippen MR) is 79.3 cm³/mol. The molecule has 20 heavy (non-hydrogen) atoms. The topological polar surface area (TPSA) is 50.7 Å². The predicted octanol–water partition coefficient (Wildman–Crippen LogP) is 2.71. The highest BCUT2D eigenvalue weighted by Gasteiger charge is 2.20. The summed E-state index contributed by atoms with van der Waals surface area (Å²) in [6.45, 7) is 8.05. The first kappa shape index (κ1) is 13.2. The van der Waals surface area contributed by atoms with Crippen molar-refractivity contribution in [3.63, 3.8) is 0 Å². The van der Waals surface area contributed by atoms with Gasteiger partial charge < -0.3 is 5.32 Å². The van der Waals surface area contributed by atoms with Crippen LogP contribution in [0.5, 0.6) is 0 Å². The van der Waals surface area contributed by atoms with Crippen molar-refractivity contribution in [2.24, 2.45) is 0 Å². The van der Waals surface area contributed by atoms with Gasteiger partial charge in [-0.2, -0.15) is 0 Å². The van der Waals surface area contributed by atoms with Gasteiger partial charge in [0.05, 0.1) is 5.69 Å². The average Bonchev–Trinajstić information content (AvgIpc) is 2.87. The van der Waals surface area contributed by atoms with E-state index in [1.807, 2.05) is 6.20 Å². The van der Waals surface area contributed by atoms with Crippen LogP contribution < -0.4 is 5.32 Å².